The Bertz CT molecular complexity index is 429. The van der Waals surface area contributed by atoms with Gasteiger partial charge in [-0.15, -0.1) is 0 Å². The van der Waals surface area contributed by atoms with Crippen molar-refractivity contribution in [3.8, 4) is 11.5 Å². The average Bonchev–Trinajstić information content (AvgIpc) is 2.35. The number of hydrogen-bond acceptors (Lipinski definition) is 3. The molecule has 0 fully saturated rings. The first-order valence-electron chi connectivity index (χ1n) is 6.60. The maximum atomic E-state index is 11.0. The van der Waals surface area contributed by atoms with Crippen molar-refractivity contribution < 1.29 is 14.6 Å². The number of carbonyl (C=O) groups is 1. The molecule has 1 N–H and O–H groups in total. The molecule has 0 aromatic heterocycles. The molecule has 2 unspecified atom stereocenters. The Hall–Kier alpha value is -0.780. The summed E-state index contributed by atoms with van der Waals surface area (Å²) in [5.74, 6) is 0.956. The molecule has 4 heteroatoms. The van der Waals surface area contributed by atoms with Crippen molar-refractivity contribution in [3.05, 3.63) is 23.8 Å². The molecule has 1 rings (SSSR count). The number of ether oxygens (including phenoxy) is 1. The first kappa shape index (κ1) is 16.3. The molecule has 1 aromatic rings. The van der Waals surface area contributed by atoms with Crippen LogP contribution < -0.4 is 4.74 Å². The summed E-state index contributed by atoms with van der Waals surface area (Å²) in [6.45, 7) is 6.32. The third-order valence-electron chi connectivity index (χ3n) is 3.29. The number of rotatable bonds is 7. The highest BCUT2D eigenvalue weighted by atomic mass is 127. The summed E-state index contributed by atoms with van der Waals surface area (Å²) in [6, 6.07) is 4.56. The van der Waals surface area contributed by atoms with Crippen molar-refractivity contribution in [1.29, 1.82) is 0 Å². The van der Waals surface area contributed by atoms with Crippen molar-refractivity contribution in [2.45, 2.75) is 43.6 Å². The number of hydrogen-bond donors (Lipinski definition) is 1. The second-order valence-corrected chi connectivity index (χ2v) is 6.96. The second kappa shape index (κ2) is 7.12. The number of aldehydes is 1. The molecule has 0 saturated carbocycles. The smallest absolute Gasteiger partial charge is 0.159 e. The number of halogens is 1. The largest absolute Gasteiger partial charge is 0.508 e. The Morgan fingerprint density at radius 3 is 2.68 bits per heavy atom. The number of carbonyl (C=O) groups excluding carboxylic acids is 1. The SMILES string of the molecule is CCCC(CC)C(C)(I)Oc1cc(O)ccc1C=O. The van der Waals surface area contributed by atoms with Gasteiger partial charge >= 0.3 is 0 Å². The van der Waals surface area contributed by atoms with Gasteiger partial charge in [0.2, 0.25) is 0 Å². The Balaban J connectivity index is 2.99. The van der Waals surface area contributed by atoms with E-state index in [4.69, 9.17) is 4.74 Å². The summed E-state index contributed by atoms with van der Waals surface area (Å²) >= 11 is 2.29. The van der Waals surface area contributed by atoms with E-state index in [0.717, 1.165) is 25.5 Å². The van der Waals surface area contributed by atoms with E-state index in [2.05, 4.69) is 36.4 Å². The van der Waals surface area contributed by atoms with Crippen LogP contribution in [0, 0.1) is 5.92 Å². The Kier molecular flexibility index (Phi) is 6.10. The second-order valence-electron chi connectivity index (χ2n) is 4.82. The number of benzene rings is 1. The fourth-order valence-electron chi connectivity index (χ4n) is 2.18. The van der Waals surface area contributed by atoms with Gasteiger partial charge in [-0.3, -0.25) is 4.79 Å². The van der Waals surface area contributed by atoms with Crippen molar-refractivity contribution in [3.63, 3.8) is 0 Å². The highest BCUT2D eigenvalue weighted by Crippen LogP contribution is 2.37. The Labute approximate surface area is 128 Å². The van der Waals surface area contributed by atoms with E-state index >= 15 is 0 Å². The number of alkyl halides is 1. The predicted octanol–water partition coefficient (Wildman–Crippen LogP) is 4.56. The molecule has 0 aliphatic heterocycles. The van der Waals surface area contributed by atoms with Crippen LogP contribution in [0.1, 0.15) is 50.4 Å². The molecular weight excluding hydrogens is 355 g/mol. The lowest BCUT2D eigenvalue weighted by atomic mass is 9.95. The molecule has 0 aliphatic rings. The van der Waals surface area contributed by atoms with Crippen LogP contribution >= 0.6 is 22.6 Å². The summed E-state index contributed by atoms with van der Waals surface area (Å²) in [5, 5.41) is 9.53. The number of aromatic hydroxyl groups is 1. The molecule has 0 aliphatic carbocycles. The third-order valence-corrected chi connectivity index (χ3v) is 4.39. The molecule has 1 aromatic carbocycles. The van der Waals surface area contributed by atoms with Gasteiger partial charge in [0, 0.05) is 12.0 Å². The zero-order valence-corrected chi connectivity index (χ0v) is 13.8. The number of phenolic OH excluding ortho intramolecular Hbond substituents is 1. The molecular formula is C15H21IO3. The van der Waals surface area contributed by atoms with Gasteiger partial charge < -0.3 is 9.84 Å². The van der Waals surface area contributed by atoms with Crippen LogP contribution in [0.2, 0.25) is 0 Å². The summed E-state index contributed by atoms with van der Waals surface area (Å²) in [6.07, 6.45) is 3.94. The van der Waals surface area contributed by atoms with E-state index in [1.165, 1.54) is 12.1 Å². The van der Waals surface area contributed by atoms with Gasteiger partial charge in [0.05, 0.1) is 5.56 Å². The Morgan fingerprint density at radius 1 is 1.47 bits per heavy atom. The fraction of sp³-hybridized carbons (Fsp3) is 0.533. The van der Waals surface area contributed by atoms with E-state index in [-0.39, 0.29) is 5.75 Å². The van der Waals surface area contributed by atoms with Gasteiger partial charge in [-0.2, -0.15) is 0 Å². The van der Waals surface area contributed by atoms with E-state index in [9.17, 15) is 9.90 Å². The first-order chi connectivity index (χ1) is 8.94. The monoisotopic (exact) mass is 376 g/mol. The lowest BCUT2D eigenvalue weighted by Crippen LogP contribution is -2.34. The molecule has 0 spiro atoms. The molecule has 0 heterocycles. The molecule has 106 valence electrons. The molecule has 0 radical (unpaired) electrons. The van der Waals surface area contributed by atoms with E-state index in [1.807, 2.05) is 6.92 Å². The molecule has 0 amide bonds. The van der Waals surface area contributed by atoms with Crippen LogP contribution in [0.15, 0.2) is 18.2 Å². The van der Waals surface area contributed by atoms with Crippen LogP contribution in [0.5, 0.6) is 11.5 Å². The lowest BCUT2D eigenvalue weighted by Gasteiger charge is -2.33. The average molecular weight is 376 g/mol. The quantitative estimate of drug-likeness (QED) is 0.431. The van der Waals surface area contributed by atoms with Gasteiger partial charge in [0.15, 0.2) is 9.89 Å². The van der Waals surface area contributed by atoms with Crippen LogP contribution in [-0.2, 0) is 0 Å². The Morgan fingerprint density at radius 2 is 2.16 bits per heavy atom. The standard InChI is InChI=1S/C15H21IO3/c1-4-6-12(5-2)15(3,16)19-14-9-13(18)8-7-11(14)10-17/h7-10,12,18H,4-6H2,1-3H3. The molecule has 3 nitrogen and oxygen atoms in total. The van der Waals surface area contributed by atoms with Crippen molar-refractivity contribution in [2.24, 2.45) is 5.92 Å². The number of phenols is 1. The highest BCUT2D eigenvalue weighted by Gasteiger charge is 2.32. The van der Waals surface area contributed by atoms with Crippen LogP contribution in [-0.4, -0.2) is 15.0 Å². The first-order valence-corrected chi connectivity index (χ1v) is 7.68. The minimum Gasteiger partial charge on any atom is -0.508 e. The molecule has 2 atom stereocenters. The minimum atomic E-state index is -0.395. The van der Waals surface area contributed by atoms with Gasteiger partial charge in [-0.1, -0.05) is 20.3 Å². The van der Waals surface area contributed by atoms with E-state index in [1.54, 1.807) is 6.07 Å². The maximum Gasteiger partial charge on any atom is 0.159 e. The third kappa shape index (κ3) is 4.37. The fourth-order valence-corrected chi connectivity index (χ4v) is 3.17. The lowest BCUT2D eigenvalue weighted by molar-refractivity contribution is 0.108. The predicted molar refractivity (Wildman–Crippen MR) is 85.2 cm³/mol. The van der Waals surface area contributed by atoms with Gasteiger partial charge in [0.25, 0.3) is 0 Å². The molecule has 19 heavy (non-hydrogen) atoms. The summed E-state index contributed by atoms with van der Waals surface area (Å²) in [5.41, 5.74) is 0.465. The summed E-state index contributed by atoms with van der Waals surface area (Å²) in [4.78, 5) is 11.0. The highest BCUT2D eigenvalue weighted by molar-refractivity contribution is 14.1. The zero-order chi connectivity index (χ0) is 14.5. The normalized spacial score (nSPS) is 15.6. The summed E-state index contributed by atoms with van der Waals surface area (Å²) in [7, 11) is 0. The zero-order valence-electron chi connectivity index (χ0n) is 11.6. The minimum absolute atomic E-state index is 0.108. The van der Waals surface area contributed by atoms with Gasteiger partial charge in [0.1, 0.15) is 11.5 Å². The van der Waals surface area contributed by atoms with Crippen molar-refractivity contribution in [1.82, 2.24) is 0 Å². The van der Waals surface area contributed by atoms with E-state index < -0.39 is 3.61 Å². The van der Waals surface area contributed by atoms with E-state index in [0.29, 0.717) is 17.2 Å². The molecule has 0 bridgehead atoms. The maximum absolute atomic E-state index is 11.0. The van der Waals surface area contributed by atoms with Crippen LogP contribution in [0.3, 0.4) is 0 Å². The molecule has 0 saturated heterocycles. The van der Waals surface area contributed by atoms with Crippen molar-refractivity contribution >= 4 is 28.9 Å². The van der Waals surface area contributed by atoms with Gasteiger partial charge in [-0.25, -0.2) is 0 Å². The summed E-state index contributed by atoms with van der Waals surface area (Å²) < 4.78 is 5.61. The topological polar surface area (TPSA) is 46.5 Å². The van der Waals surface area contributed by atoms with Crippen LogP contribution in [0.25, 0.3) is 0 Å². The van der Waals surface area contributed by atoms with Crippen molar-refractivity contribution in [2.75, 3.05) is 0 Å². The van der Waals surface area contributed by atoms with Gasteiger partial charge in [-0.05, 0) is 54.5 Å². The van der Waals surface area contributed by atoms with Crippen LogP contribution in [0.4, 0.5) is 0 Å².